The van der Waals surface area contributed by atoms with Gasteiger partial charge < -0.3 is 10.2 Å². The summed E-state index contributed by atoms with van der Waals surface area (Å²) < 4.78 is 0.809. The van der Waals surface area contributed by atoms with Crippen LogP contribution in [0.5, 0.6) is 5.75 Å². The number of Topliss-reactive ketones (excluding diaryl/α,β-unsaturated/α-hetero) is 1. The van der Waals surface area contributed by atoms with Gasteiger partial charge >= 0.3 is 0 Å². The summed E-state index contributed by atoms with van der Waals surface area (Å²) in [6.45, 7) is 7.25. The van der Waals surface area contributed by atoms with Crippen LogP contribution in [0, 0.1) is 12.8 Å². The molecule has 0 radical (unpaired) electrons. The van der Waals surface area contributed by atoms with E-state index in [9.17, 15) is 15.0 Å². The third-order valence-electron chi connectivity index (χ3n) is 3.59. The largest absolute Gasteiger partial charge is 0.507 e. The van der Waals surface area contributed by atoms with E-state index in [1.54, 1.807) is 26.0 Å². The van der Waals surface area contributed by atoms with Crippen LogP contribution in [0.4, 0.5) is 0 Å². The summed E-state index contributed by atoms with van der Waals surface area (Å²) in [5, 5.41) is 19.7. The van der Waals surface area contributed by atoms with E-state index in [0.29, 0.717) is 18.4 Å². The molecule has 0 amide bonds. The minimum atomic E-state index is -0.795. The standard InChI is InChI=1S/C15H21BrO3/c1-9-7-14(18)11(8-12(9)16)13(17)6-5-10(2)15(3,4)19/h7-8,10,18-19H,5-6H2,1-4H3/t10-/m0/s1. The van der Waals surface area contributed by atoms with Crippen LogP contribution >= 0.6 is 15.9 Å². The summed E-state index contributed by atoms with van der Waals surface area (Å²) in [5.41, 5.74) is 0.426. The molecule has 1 rings (SSSR count). The third kappa shape index (κ3) is 4.32. The van der Waals surface area contributed by atoms with Gasteiger partial charge in [-0.2, -0.15) is 0 Å². The molecule has 0 aliphatic rings. The molecule has 1 aromatic rings. The minimum Gasteiger partial charge on any atom is -0.507 e. The molecular weight excluding hydrogens is 308 g/mol. The Morgan fingerprint density at radius 1 is 1.42 bits per heavy atom. The van der Waals surface area contributed by atoms with Gasteiger partial charge in [0.05, 0.1) is 11.2 Å². The lowest BCUT2D eigenvalue weighted by Gasteiger charge is -2.25. The fraction of sp³-hybridized carbons (Fsp3) is 0.533. The van der Waals surface area contributed by atoms with E-state index in [4.69, 9.17) is 0 Å². The Hall–Kier alpha value is -0.870. The highest BCUT2D eigenvalue weighted by atomic mass is 79.9. The highest BCUT2D eigenvalue weighted by Gasteiger charge is 2.23. The zero-order valence-corrected chi connectivity index (χ0v) is 13.4. The number of phenolic OH excluding ortho intramolecular Hbond substituents is 1. The molecule has 0 saturated carbocycles. The van der Waals surface area contributed by atoms with E-state index in [2.05, 4.69) is 15.9 Å². The van der Waals surface area contributed by atoms with Crippen LogP contribution < -0.4 is 0 Å². The van der Waals surface area contributed by atoms with Gasteiger partial charge in [0.1, 0.15) is 5.75 Å². The van der Waals surface area contributed by atoms with Gasteiger partial charge in [-0.05, 0) is 50.8 Å². The molecule has 19 heavy (non-hydrogen) atoms. The average molecular weight is 329 g/mol. The Bertz CT molecular complexity index is 475. The molecule has 0 spiro atoms. The van der Waals surface area contributed by atoms with E-state index in [-0.39, 0.29) is 17.5 Å². The predicted molar refractivity (Wildman–Crippen MR) is 79.6 cm³/mol. The van der Waals surface area contributed by atoms with Crippen molar-refractivity contribution in [1.82, 2.24) is 0 Å². The number of aliphatic hydroxyl groups is 1. The van der Waals surface area contributed by atoms with Gasteiger partial charge in [0.2, 0.25) is 0 Å². The fourth-order valence-corrected chi connectivity index (χ4v) is 2.07. The Labute approximate surface area is 122 Å². The molecule has 3 nitrogen and oxygen atoms in total. The van der Waals surface area contributed by atoms with E-state index < -0.39 is 5.60 Å². The van der Waals surface area contributed by atoms with E-state index in [0.717, 1.165) is 10.0 Å². The number of benzene rings is 1. The number of carbonyl (C=O) groups is 1. The molecule has 0 fully saturated rings. The topological polar surface area (TPSA) is 57.5 Å². The molecule has 4 heteroatoms. The smallest absolute Gasteiger partial charge is 0.166 e. The van der Waals surface area contributed by atoms with Crippen LogP contribution in [-0.2, 0) is 0 Å². The minimum absolute atomic E-state index is 0.0154. The molecule has 0 saturated heterocycles. The summed E-state index contributed by atoms with van der Waals surface area (Å²) in [4.78, 5) is 12.1. The molecular formula is C15H21BrO3. The second-order valence-corrected chi connectivity index (χ2v) is 6.49. The highest BCUT2D eigenvalue weighted by Crippen LogP contribution is 2.28. The van der Waals surface area contributed by atoms with Crippen molar-refractivity contribution < 1.29 is 15.0 Å². The molecule has 0 aliphatic carbocycles. The van der Waals surface area contributed by atoms with Gasteiger partial charge in [-0.1, -0.05) is 22.9 Å². The van der Waals surface area contributed by atoms with Crippen LogP contribution in [0.1, 0.15) is 49.5 Å². The molecule has 0 unspecified atom stereocenters. The zero-order valence-electron chi connectivity index (χ0n) is 11.8. The SMILES string of the molecule is Cc1cc(O)c(C(=O)CC[C@H](C)C(C)(C)O)cc1Br. The molecule has 1 aromatic carbocycles. The summed E-state index contributed by atoms with van der Waals surface area (Å²) in [7, 11) is 0. The first-order valence-electron chi connectivity index (χ1n) is 6.37. The van der Waals surface area contributed by atoms with Crippen LogP contribution in [0.15, 0.2) is 16.6 Å². The van der Waals surface area contributed by atoms with E-state index in [1.807, 2.05) is 13.8 Å². The van der Waals surface area contributed by atoms with Crippen molar-refractivity contribution in [2.45, 2.75) is 46.1 Å². The monoisotopic (exact) mass is 328 g/mol. The molecule has 2 N–H and O–H groups in total. The maximum absolute atomic E-state index is 12.1. The van der Waals surface area contributed by atoms with E-state index in [1.165, 1.54) is 0 Å². The zero-order chi connectivity index (χ0) is 14.8. The predicted octanol–water partition coefficient (Wildman–Crippen LogP) is 3.83. The normalized spacial score (nSPS) is 13.4. The summed E-state index contributed by atoms with van der Waals surface area (Å²) in [6.07, 6.45) is 0.904. The van der Waals surface area contributed by atoms with Crippen molar-refractivity contribution in [1.29, 1.82) is 0 Å². The van der Waals surface area contributed by atoms with Gasteiger partial charge in [-0.15, -0.1) is 0 Å². The third-order valence-corrected chi connectivity index (χ3v) is 4.44. The van der Waals surface area contributed by atoms with Crippen molar-refractivity contribution in [3.63, 3.8) is 0 Å². The molecule has 106 valence electrons. The second kappa shape index (κ2) is 6.06. The maximum atomic E-state index is 12.1. The number of phenols is 1. The molecule has 0 heterocycles. The summed E-state index contributed by atoms with van der Waals surface area (Å²) >= 11 is 3.36. The lowest BCUT2D eigenvalue weighted by molar-refractivity contribution is 0.0208. The highest BCUT2D eigenvalue weighted by molar-refractivity contribution is 9.10. The second-order valence-electron chi connectivity index (χ2n) is 5.64. The molecule has 0 aromatic heterocycles. The van der Waals surface area contributed by atoms with Crippen molar-refractivity contribution in [2.24, 2.45) is 5.92 Å². The molecule has 0 bridgehead atoms. The van der Waals surface area contributed by atoms with E-state index >= 15 is 0 Å². The number of halogens is 1. The number of hydrogen-bond acceptors (Lipinski definition) is 3. The first-order chi connectivity index (χ1) is 8.62. The quantitative estimate of drug-likeness (QED) is 0.807. The van der Waals surface area contributed by atoms with Gasteiger partial charge in [-0.3, -0.25) is 4.79 Å². The summed E-state index contributed by atoms with van der Waals surface area (Å²) in [5.74, 6) is -0.0663. The maximum Gasteiger partial charge on any atom is 0.166 e. The van der Waals surface area contributed by atoms with Crippen molar-refractivity contribution in [3.05, 3.63) is 27.7 Å². The van der Waals surface area contributed by atoms with Crippen LogP contribution in [0.25, 0.3) is 0 Å². The Morgan fingerprint density at radius 2 is 2.00 bits per heavy atom. The number of aryl methyl sites for hydroxylation is 1. The van der Waals surface area contributed by atoms with Crippen molar-refractivity contribution in [2.75, 3.05) is 0 Å². The number of rotatable bonds is 5. The molecule has 1 atom stereocenters. The number of carbonyl (C=O) groups excluding carboxylic acids is 1. The van der Waals surface area contributed by atoms with Crippen molar-refractivity contribution >= 4 is 21.7 Å². The van der Waals surface area contributed by atoms with Crippen LogP contribution in [0.3, 0.4) is 0 Å². The lowest BCUT2D eigenvalue weighted by atomic mass is 9.87. The van der Waals surface area contributed by atoms with Crippen LogP contribution in [0.2, 0.25) is 0 Å². The van der Waals surface area contributed by atoms with Gasteiger partial charge in [0.25, 0.3) is 0 Å². The van der Waals surface area contributed by atoms with Crippen molar-refractivity contribution in [3.8, 4) is 5.75 Å². The Balaban J connectivity index is 2.77. The number of aromatic hydroxyl groups is 1. The molecule has 0 aliphatic heterocycles. The Morgan fingerprint density at radius 3 is 2.53 bits per heavy atom. The number of hydrogen-bond donors (Lipinski definition) is 2. The van der Waals surface area contributed by atoms with Gasteiger partial charge in [0.15, 0.2) is 5.78 Å². The first-order valence-corrected chi connectivity index (χ1v) is 7.17. The first kappa shape index (κ1) is 16.2. The van der Waals surface area contributed by atoms with Crippen LogP contribution in [-0.4, -0.2) is 21.6 Å². The lowest BCUT2D eigenvalue weighted by Crippen LogP contribution is -2.28. The average Bonchev–Trinajstić information content (AvgIpc) is 2.29. The fourth-order valence-electron chi connectivity index (χ4n) is 1.73. The van der Waals surface area contributed by atoms with Gasteiger partial charge in [-0.25, -0.2) is 0 Å². The van der Waals surface area contributed by atoms with Gasteiger partial charge in [0, 0.05) is 10.9 Å². The Kier molecular flexibility index (Phi) is 5.16. The number of ketones is 1. The summed E-state index contributed by atoms with van der Waals surface area (Å²) in [6, 6.07) is 3.23.